The molecule has 2 heterocycles. The number of rotatable bonds is 9. The smallest absolute Gasteiger partial charge is 0.179 e. The molecule has 4 rings (SSSR count). The molecule has 178 valence electrons. The van der Waals surface area contributed by atoms with Gasteiger partial charge in [0, 0.05) is 35.1 Å². The third-order valence-electron chi connectivity index (χ3n) is 6.97. The van der Waals surface area contributed by atoms with Gasteiger partial charge in [-0.3, -0.25) is 9.48 Å². The lowest BCUT2D eigenvalue weighted by atomic mass is 10.0. The number of fused-ring (bicyclic) bond motifs is 1. The van der Waals surface area contributed by atoms with E-state index < -0.39 is 5.67 Å². The number of nitrogens with zero attached hydrogens (tertiary/aromatic N) is 2. The molecule has 1 N–H and O–H groups in total. The largest absolute Gasteiger partial charge is 0.352 e. The van der Waals surface area contributed by atoms with Crippen LogP contribution < -0.4 is 0 Å². The number of alkyl halides is 1. The molecule has 3 aromatic rings. The Morgan fingerprint density at radius 1 is 1.21 bits per heavy atom. The molecule has 33 heavy (non-hydrogen) atoms. The predicted molar refractivity (Wildman–Crippen MR) is 135 cm³/mol. The van der Waals surface area contributed by atoms with Crippen LogP contribution >= 0.6 is 0 Å². The van der Waals surface area contributed by atoms with Gasteiger partial charge in [0.2, 0.25) is 0 Å². The predicted octanol–water partition coefficient (Wildman–Crippen LogP) is 7.40. The van der Waals surface area contributed by atoms with E-state index in [2.05, 4.69) is 37.4 Å². The monoisotopic (exact) mass is 451 g/mol. The van der Waals surface area contributed by atoms with Crippen LogP contribution in [0.2, 0.25) is 0 Å². The number of carbonyl (C=O) groups is 1. The van der Waals surface area contributed by atoms with Gasteiger partial charge in [-0.05, 0) is 69.1 Å². The Kier molecular flexibility index (Phi) is 7.93. The first-order valence-corrected chi connectivity index (χ1v) is 12.2. The molecule has 0 spiro atoms. The molecule has 1 aliphatic rings. The van der Waals surface area contributed by atoms with Crippen LogP contribution in [0.25, 0.3) is 16.5 Å². The summed E-state index contributed by atoms with van der Waals surface area (Å²) >= 11 is 0. The zero-order valence-corrected chi connectivity index (χ0v) is 20.7. The van der Waals surface area contributed by atoms with Crippen LogP contribution in [0.4, 0.5) is 4.39 Å². The highest BCUT2D eigenvalue weighted by Gasteiger charge is 2.59. The molecule has 2 atom stereocenters. The molecule has 2 unspecified atom stereocenters. The van der Waals surface area contributed by atoms with Crippen LogP contribution in [0.1, 0.15) is 82.0 Å². The van der Waals surface area contributed by atoms with E-state index in [4.69, 9.17) is 0 Å². The van der Waals surface area contributed by atoms with E-state index in [1.165, 1.54) is 0 Å². The standard InChI is InChI=1S/C20H23N3O.C8H15F/c1-4-11-23-19(16(13-21-23)14(2)3)9-10-20(24)18-12-15-7-5-6-8-17(15)22-18;1-4-6-7(5-2)8(6,3)9/h5-8,12-13,22H,2,4,9-11H2,1,3H3;6-7H,4-5H2,1-3H3. The normalized spacial score (nSPS) is 21.5. The molecule has 1 saturated carbocycles. The van der Waals surface area contributed by atoms with Gasteiger partial charge in [-0.1, -0.05) is 45.5 Å². The fourth-order valence-electron chi connectivity index (χ4n) is 5.05. The first-order chi connectivity index (χ1) is 15.7. The van der Waals surface area contributed by atoms with Gasteiger partial charge in [0.15, 0.2) is 5.78 Å². The molecule has 0 amide bonds. The van der Waals surface area contributed by atoms with E-state index in [0.29, 0.717) is 30.4 Å². The minimum Gasteiger partial charge on any atom is -0.352 e. The summed E-state index contributed by atoms with van der Waals surface area (Å²) in [5, 5.41) is 5.52. The van der Waals surface area contributed by atoms with Gasteiger partial charge >= 0.3 is 0 Å². The Labute approximate surface area is 197 Å². The summed E-state index contributed by atoms with van der Waals surface area (Å²) in [5.41, 5.74) is 4.02. The van der Waals surface area contributed by atoms with Crippen molar-refractivity contribution in [3.05, 3.63) is 60.1 Å². The summed E-state index contributed by atoms with van der Waals surface area (Å²) in [5.74, 6) is 0.855. The fourth-order valence-corrected chi connectivity index (χ4v) is 5.05. The molecule has 0 bridgehead atoms. The lowest BCUT2D eigenvalue weighted by molar-refractivity contribution is 0.0978. The summed E-state index contributed by atoms with van der Waals surface area (Å²) in [6.07, 6.45) is 6.02. The molecule has 1 aliphatic carbocycles. The Hall–Kier alpha value is -2.69. The first kappa shape index (κ1) is 24.9. The van der Waals surface area contributed by atoms with Gasteiger partial charge in [-0.15, -0.1) is 0 Å². The van der Waals surface area contributed by atoms with Gasteiger partial charge in [-0.25, -0.2) is 4.39 Å². The Morgan fingerprint density at radius 2 is 1.88 bits per heavy atom. The number of benzene rings is 1. The number of para-hydroxylation sites is 1. The van der Waals surface area contributed by atoms with Gasteiger partial charge in [0.1, 0.15) is 5.67 Å². The van der Waals surface area contributed by atoms with Gasteiger partial charge in [-0.2, -0.15) is 5.10 Å². The highest BCUT2D eigenvalue weighted by Crippen LogP contribution is 2.56. The summed E-state index contributed by atoms with van der Waals surface area (Å²) < 4.78 is 15.1. The Balaban J connectivity index is 0.000000286. The topological polar surface area (TPSA) is 50.7 Å². The minimum atomic E-state index is -0.816. The molecule has 2 aromatic heterocycles. The molecule has 0 saturated heterocycles. The van der Waals surface area contributed by atoms with Crippen LogP contribution in [0.3, 0.4) is 0 Å². The number of aromatic amines is 1. The Morgan fingerprint density at radius 3 is 2.42 bits per heavy atom. The number of carbonyl (C=O) groups excluding carboxylic acids is 1. The van der Waals surface area contributed by atoms with E-state index in [1.807, 2.05) is 48.1 Å². The van der Waals surface area contributed by atoms with E-state index in [9.17, 15) is 9.18 Å². The lowest BCUT2D eigenvalue weighted by Gasteiger charge is -2.08. The maximum absolute atomic E-state index is 13.1. The maximum Gasteiger partial charge on any atom is 0.179 e. The van der Waals surface area contributed by atoms with Crippen molar-refractivity contribution in [2.24, 2.45) is 11.8 Å². The number of allylic oxidation sites excluding steroid dienone is 1. The third-order valence-corrected chi connectivity index (χ3v) is 6.97. The van der Waals surface area contributed by atoms with Crippen LogP contribution in [-0.2, 0) is 13.0 Å². The van der Waals surface area contributed by atoms with Gasteiger partial charge in [0.25, 0.3) is 0 Å². The van der Waals surface area contributed by atoms with E-state index >= 15 is 0 Å². The highest BCUT2D eigenvalue weighted by atomic mass is 19.1. The lowest BCUT2D eigenvalue weighted by Crippen LogP contribution is -2.09. The number of aromatic nitrogens is 3. The Bertz CT molecular complexity index is 1060. The molecule has 0 aliphatic heterocycles. The highest BCUT2D eigenvalue weighted by molar-refractivity contribution is 5.99. The SMILES string of the molecule is C=C(C)c1cnn(CCC)c1CCC(=O)c1cc2ccccc2[nH]1.CCC1C(CC)C1(C)F. The number of ketones is 1. The molecule has 1 aromatic carbocycles. The molecule has 1 fully saturated rings. The maximum atomic E-state index is 13.1. The number of halogens is 1. The zero-order chi connectivity index (χ0) is 24.2. The van der Waals surface area contributed by atoms with Crippen molar-refractivity contribution in [2.75, 3.05) is 0 Å². The zero-order valence-electron chi connectivity index (χ0n) is 20.7. The van der Waals surface area contributed by atoms with Crippen molar-refractivity contribution in [1.29, 1.82) is 0 Å². The van der Waals surface area contributed by atoms with Crippen molar-refractivity contribution in [3.8, 4) is 0 Å². The number of H-pyrrole nitrogens is 1. The van der Waals surface area contributed by atoms with Crippen LogP contribution in [0.5, 0.6) is 0 Å². The quantitative estimate of drug-likeness (QED) is 0.345. The van der Waals surface area contributed by atoms with Crippen molar-refractivity contribution >= 4 is 22.3 Å². The molecular weight excluding hydrogens is 413 g/mol. The number of nitrogens with one attached hydrogen (secondary N) is 1. The fraction of sp³-hybridized carbons (Fsp3) is 0.500. The van der Waals surface area contributed by atoms with Crippen LogP contribution in [0, 0.1) is 11.8 Å². The third kappa shape index (κ3) is 5.45. The number of hydrogen-bond donors (Lipinski definition) is 1. The molecule has 4 nitrogen and oxygen atoms in total. The van der Waals surface area contributed by atoms with Gasteiger partial charge < -0.3 is 4.98 Å². The van der Waals surface area contributed by atoms with Crippen molar-refractivity contribution in [1.82, 2.24) is 14.8 Å². The second kappa shape index (κ2) is 10.5. The van der Waals surface area contributed by atoms with Crippen molar-refractivity contribution in [3.63, 3.8) is 0 Å². The average Bonchev–Trinajstić information content (AvgIpc) is 3.12. The second-order valence-electron chi connectivity index (χ2n) is 9.38. The second-order valence-corrected chi connectivity index (χ2v) is 9.38. The van der Waals surface area contributed by atoms with Crippen molar-refractivity contribution in [2.45, 2.75) is 78.9 Å². The van der Waals surface area contributed by atoms with Crippen molar-refractivity contribution < 1.29 is 9.18 Å². The molecule has 5 heteroatoms. The number of aryl methyl sites for hydroxylation is 1. The van der Waals surface area contributed by atoms with E-state index in [1.54, 1.807) is 6.92 Å². The number of Topliss-reactive ketones (excluding diaryl/α,β-unsaturated/α-hetero) is 1. The average molecular weight is 452 g/mol. The van der Waals surface area contributed by atoms with Gasteiger partial charge in [0.05, 0.1) is 11.9 Å². The summed E-state index contributed by atoms with van der Waals surface area (Å²) in [7, 11) is 0. The summed E-state index contributed by atoms with van der Waals surface area (Å²) in [4.78, 5) is 15.8. The summed E-state index contributed by atoms with van der Waals surface area (Å²) in [6, 6.07) is 9.88. The van der Waals surface area contributed by atoms with E-state index in [0.717, 1.165) is 53.5 Å². The minimum absolute atomic E-state index is 0.128. The van der Waals surface area contributed by atoms with Crippen LogP contribution in [0.15, 0.2) is 43.1 Å². The molecular formula is C28H38FN3O. The van der Waals surface area contributed by atoms with Crippen LogP contribution in [-0.4, -0.2) is 26.2 Å². The number of hydrogen-bond acceptors (Lipinski definition) is 2. The van der Waals surface area contributed by atoms with E-state index in [-0.39, 0.29) is 5.78 Å². The molecule has 0 radical (unpaired) electrons. The first-order valence-electron chi connectivity index (χ1n) is 12.2. The summed E-state index contributed by atoms with van der Waals surface area (Å²) in [6.45, 7) is 14.9.